The summed E-state index contributed by atoms with van der Waals surface area (Å²) in [4.78, 5) is 0. The van der Waals surface area contributed by atoms with Gasteiger partial charge < -0.3 is 0 Å². The summed E-state index contributed by atoms with van der Waals surface area (Å²) in [5.41, 5.74) is 1.43. The fourth-order valence-electron chi connectivity index (χ4n) is 0.752. The highest BCUT2D eigenvalue weighted by Gasteiger charge is 1.88. The highest BCUT2D eigenvalue weighted by Crippen LogP contribution is 2.06. The van der Waals surface area contributed by atoms with Crippen molar-refractivity contribution in [1.82, 2.24) is 0 Å². The molecule has 1 heteroatoms. The van der Waals surface area contributed by atoms with E-state index in [1.807, 2.05) is 0 Å². The van der Waals surface area contributed by atoms with E-state index in [4.69, 9.17) is 5.26 Å². The number of rotatable bonds is 4. The van der Waals surface area contributed by atoms with Crippen molar-refractivity contribution in [1.29, 1.82) is 5.26 Å². The van der Waals surface area contributed by atoms with Crippen molar-refractivity contribution in [2.75, 3.05) is 0 Å². The number of unbranched alkanes of at least 4 members (excludes halogenated alkanes) is 2. The molecule has 0 aromatic rings. The van der Waals surface area contributed by atoms with E-state index in [-0.39, 0.29) is 0 Å². The lowest BCUT2D eigenvalue weighted by Crippen LogP contribution is -1.77. The van der Waals surface area contributed by atoms with Gasteiger partial charge in [0.25, 0.3) is 0 Å². The zero-order valence-electron chi connectivity index (χ0n) is 6.85. The van der Waals surface area contributed by atoms with Crippen molar-refractivity contribution in [2.45, 2.75) is 39.5 Å². The Morgan fingerprint density at radius 3 is 2.70 bits per heavy atom. The molecule has 0 radical (unpaired) electrons. The van der Waals surface area contributed by atoms with E-state index in [1.165, 1.54) is 5.57 Å². The summed E-state index contributed by atoms with van der Waals surface area (Å²) in [6, 6.07) is 2.14. The molecule has 0 saturated carbocycles. The van der Waals surface area contributed by atoms with Crippen molar-refractivity contribution in [3.05, 3.63) is 11.6 Å². The zero-order valence-corrected chi connectivity index (χ0v) is 6.85. The van der Waals surface area contributed by atoms with Gasteiger partial charge in [0, 0.05) is 6.42 Å². The van der Waals surface area contributed by atoms with E-state index in [9.17, 15) is 0 Å². The molecule has 0 unspecified atom stereocenters. The van der Waals surface area contributed by atoms with Gasteiger partial charge in [-0.25, -0.2) is 0 Å². The van der Waals surface area contributed by atoms with Gasteiger partial charge in [0.15, 0.2) is 0 Å². The molecule has 0 aromatic carbocycles. The first-order chi connectivity index (χ1) is 4.81. The van der Waals surface area contributed by atoms with E-state index < -0.39 is 0 Å². The normalized spacial score (nSPS) is 11.1. The lowest BCUT2D eigenvalue weighted by molar-refractivity contribution is 0.746. The van der Waals surface area contributed by atoms with E-state index in [1.54, 1.807) is 0 Å². The first kappa shape index (κ1) is 9.23. The Morgan fingerprint density at radius 2 is 2.20 bits per heavy atom. The molecule has 0 N–H and O–H groups in total. The quantitative estimate of drug-likeness (QED) is 0.431. The first-order valence-corrected chi connectivity index (χ1v) is 3.80. The van der Waals surface area contributed by atoms with Crippen molar-refractivity contribution >= 4 is 0 Å². The Kier molecular flexibility index (Phi) is 5.86. The minimum Gasteiger partial charge on any atom is -0.198 e. The molecule has 0 aliphatic heterocycles. The van der Waals surface area contributed by atoms with Gasteiger partial charge in [0.05, 0.1) is 6.07 Å². The molecule has 0 rings (SSSR count). The van der Waals surface area contributed by atoms with Crippen LogP contribution in [0.15, 0.2) is 11.6 Å². The van der Waals surface area contributed by atoms with Crippen LogP contribution in [0.1, 0.15) is 39.5 Å². The lowest BCUT2D eigenvalue weighted by atomic mass is 10.1. The third-order valence-electron chi connectivity index (χ3n) is 1.60. The SMILES string of the molecule is CC=C(C)CCCCC#N. The molecule has 0 saturated heterocycles. The van der Waals surface area contributed by atoms with E-state index in [0.29, 0.717) is 6.42 Å². The maximum absolute atomic E-state index is 8.22. The predicted octanol–water partition coefficient (Wildman–Crippen LogP) is 3.04. The Balaban J connectivity index is 3.14. The van der Waals surface area contributed by atoms with E-state index in [0.717, 1.165) is 19.3 Å². The molecule has 0 atom stereocenters. The average molecular weight is 137 g/mol. The van der Waals surface area contributed by atoms with E-state index >= 15 is 0 Å². The Hall–Kier alpha value is -0.770. The van der Waals surface area contributed by atoms with Gasteiger partial charge in [0.2, 0.25) is 0 Å². The van der Waals surface area contributed by atoms with Gasteiger partial charge in [-0.1, -0.05) is 11.6 Å². The van der Waals surface area contributed by atoms with Gasteiger partial charge >= 0.3 is 0 Å². The zero-order chi connectivity index (χ0) is 7.82. The van der Waals surface area contributed by atoms with Gasteiger partial charge in [-0.05, 0) is 33.1 Å². The minimum absolute atomic E-state index is 0.705. The summed E-state index contributed by atoms with van der Waals surface area (Å²) in [5, 5.41) is 8.22. The van der Waals surface area contributed by atoms with Crippen LogP contribution in [0.25, 0.3) is 0 Å². The molecule has 10 heavy (non-hydrogen) atoms. The molecule has 0 aliphatic rings. The fraction of sp³-hybridized carbons (Fsp3) is 0.667. The molecular formula is C9H15N. The van der Waals surface area contributed by atoms with Crippen LogP contribution in [0.5, 0.6) is 0 Å². The van der Waals surface area contributed by atoms with Crippen LogP contribution in [-0.4, -0.2) is 0 Å². The molecule has 0 fully saturated rings. The molecule has 0 aliphatic carbocycles. The van der Waals surface area contributed by atoms with Gasteiger partial charge in [-0.3, -0.25) is 0 Å². The standard InChI is InChI=1S/C9H15N/c1-3-9(2)7-5-4-6-8-10/h3H,4-7H2,1-2H3. The summed E-state index contributed by atoms with van der Waals surface area (Å²) in [5.74, 6) is 0. The maximum atomic E-state index is 8.22. The molecule has 0 aromatic heterocycles. The maximum Gasteiger partial charge on any atom is 0.0621 e. The Morgan fingerprint density at radius 1 is 1.50 bits per heavy atom. The third-order valence-corrected chi connectivity index (χ3v) is 1.60. The molecular weight excluding hydrogens is 122 g/mol. The number of allylic oxidation sites excluding steroid dienone is 2. The second-order valence-electron chi connectivity index (χ2n) is 2.50. The molecule has 1 nitrogen and oxygen atoms in total. The summed E-state index contributed by atoms with van der Waals surface area (Å²) in [6.07, 6.45) is 6.19. The number of hydrogen-bond donors (Lipinski definition) is 0. The molecule has 0 spiro atoms. The first-order valence-electron chi connectivity index (χ1n) is 3.80. The Labute approximate surface area is 63.4 Å². The highest BCUT2D eigenvalue weighted by molar-refractivity contribution is 4.94. The third kappa shape index (κ3) is 5.37. The minimum atomic E-state index is 0.705. The molecule has 56 valence electrons. The second-order valence-corrected chi connectivity index (χ2v) is 2.50. The van der Waals surface area contributed by atoms with Crippen LogP contribution in [0.2, 0.25) is 0 Å². The molecule has 0 heterocycles. The van der Waals surface area contributed by atoms with E-state index in [2.05, 4.69) is 26.0 Å². The summed E-state index contributed by atoms with van der Waals surface area (Å²) < 4.78 is 0. The molecule has 0 bridgehead atoms. The largest absolute Gasteiger partial charge is 0.198 e. The van der Waals surface area contributed by atoms with Crippen molar-refractivity contribution in [2.24, 2.45) is 0 Å². The highest BCUT2D eigenvalue weighted by atomic mass is 14.2. The van der Waals surface area contributed by atoms with Crippen LogP contribution >= 0.6 is 0 Å². The number of nitriles is 1. The monoisotopic (exact) mass is 137 g/mol. The van der Waals surface area contributed by atoms with Crippen LogP contribution in [0, 0.1) is 11.3 Å². The summed E-state index contributed by atoms with van der Waals surface area (Å²) >= 11 is 0. The van der Waals surface area contributed by atoms with Gasteiger partial charge in [0.1, 0.15) is 0 Å². The number of nitrogens with zero attached hydrogens (tertiary/aromatic N) is 1. The van der Waals surface area contributed by atoms with Crippen molar-refractivity contribution in [3.63, 3.8) is 0 Å². The van der Waals surface area contributed by atoms with Crippen LogP contribution in [0.4, 0.5) is 0 Å². The van der Waals surface area contributed by atoms with Crippen molar-refractivity contribution < 1.29 is 0 Å². The smallest absolute Gasteiger partial charge is 0.0621 e. The topological polar surface area (TPSA) is 23.8 Å². The van der Waals surface area contributed by atoms with Crippen LogP contribution in [0.3, 0.4) is 0 Å². The molecule has 0 amide bonds. The average Bonchev–Trinajstić information content (AvgIpc) is 1.98. The summed E-state index contributed by atoms with van der Waals surface area (Å²) in [6.45, 7) is 4.19. The van der Waals surface area contributed by atoms with Crippen LogP contribution < -0.4 is 0 Å². The lowest BCUT2D eigenvalue weighted by Gasteiger charge is -1.96. The number of hydrogen-bond acceptors (Lipinski definition) is 1. The summed E-state index contributed by atoms with van der Waals surface area (Å²) in [7, 11) is 0. The fourth-order valence-corrected chi connectivity index (χ4v) is 0.752. The van der Waals surface area contributed by atoms with Gasteiger partial charge in [-0.2, -0.15) is 5.26 Å². The predicted molar refractivity (Wildman–Crippen MR) is 43.5 cm³/mol. The van der Waals surface area contributed by atoms with Gasteiger partial charge in [-0.15, -0.1) is 0 Å². The Bertz CT molecular complexity index is 139. The van der Waals surface area contributed by atoms with Crippen LogP contribution in [-0.2, 0) is 0 Å². The van der Waals surface area contributed by atoms with Crippen molar-refractivity contribution in [3.8, 4) is 6.07 Å². The second kappa shape index (κ2) is 6.35.